The zero-order valence-electron chi connectivity index (χ0n) is 11.4. The summed E-state index contributed by atoms with van der Waals surface area (Å²) in [6.45, 7) is 0. The molecule has 1 aromatic rings. The second-order valence-electron chi connectivity index (χ2n) is 5.78. The van der Waals surface area contributed by atoms with Crippen LogP contribution in [0.2, 0.25) is 0 Å². The van der Waals surface area contributed by atoms with Gasteiger partial charge in [-0.2, -0.15) is 10.2 Å². The highest BCUT2D eigenvalue weighted by molar-refractivity contribution is 5.05. The van der Waals surface area contributed by atoms with E-state index < -0.39 is 0 Å². The lowest BCUT2D eigenvalue weighted by Crippen LogP contribution is -2.39. The molecule has 3 rings (SSSR count). The molecule has 102 valence electrons. The van der Waals surface area contributed by atoms with Crippen LogP contribution in [-0.4, -0.2) is 34.2 Å². The molecule has 0 saturated carbocycles. The first-order valence-corrected chi connectivity index (χ1v) is 7.19. The number of rotatable bonds is 4. The van der Waals surface area contributed by atoms with Crippen molar-refractivity contribution in [3.8, 4) is 6.07 Å². The number of fused-ring (bicyclic) bond motifs is 2. The Kier molecular flexibility index (Phi) is 3.52. The summed E-state index contributed by atoms with van der Waals surface area (Å²) in [7, 11) is 2.24. The Labute approximate surface area is 113 Å². The predicted molar refractivity (Wildman–Crippen MR) is 69.4 cm³/mol. The maximum Gasteiger partial charge on any atom is 0.226 e. The molecule has 2 unspecified atom stereocenters. The van der Waals surface area contributed by atoms with Crippen LogP contribution < -0.4 is 0 Å². The summed E-state index contributed by atoms with van der Waals surface area (Å²) in [4.78, 5) is 7.04. The van der Waals surface area contributed by atoms with Crippen molar-refractivity contribution in [2.75, 3.05) is 7.05 Å². The van der Waals surface area contributed by atoms with Gasteiger partial charge in [-0.05, 0) is 39.2 Å². The summed E-state index contributed by atoms with van der Waals surface area (Å²) < 4.78 is 5.30. The standard InChI is InChI=1S/C14H20N4O/c1-18-11-5-6-12(18)9-10(8-11)14-16-13(19-17-14)4-2-3-7-15/h10-12H,2-6,8-9H2,1H3. The lowest BCUT2D eigenvalue weighted by Gasteiger charge is -2.34. The largest absolute Gasteiger partial charge is 0.339 e. The molecule has 3 heterocycles. The Balaban J connectivity index is 1.62. The van der Waals surface area contributed by atoms with Crippen LogP contribution in [0.1, 0.15) is 56.2 Å². The van der Waals surface area contributed by atoms with E-state index in [4.69, 9.17) is 9.78 Å². The highest BCUT2D eigenvalue weighted by Gasteiger charge is 2.40. The smallest absolute Gasteiger partial charge is 0.226 e. The highest BCUT2D eigenvalue weighted by atomic mass is 16.5. The van der Waals surface area contributed by atoms with E-state index in [-0.39, 0.29) is 0 Å². The number of unbranched alkanes of at least 4 members (excludes halogenated alkanes) is 1. The van der Waals surface area contributed by atoms with Crippen molar-refractivity contribution < 1.29 is 4.52 Å². The first kappa shape index (κ1) is 12.6. The lowest BCUT2D eigenvalue weighted by molar-refractivity contribution is 0.157. The van der Waals surface area contributed by atoms with Gasteiger partial charge in [0, 0.05) is 30.8 Å². The molecule has 2 saturated heterocycles. The van der Waals surface area contributed by atoms with Crippen molar-refractivity contribution in [1.29, 1.82) is 5.26 Å². The number of nitrogens with zero attached hydrogens (tertiary/aromatic N) is 4. The van der Waals surface area contributed by atoms with Crippen LogP contribution in [-0.2, 0) is 6.42 Å². The monoisotopic (exact) mass is 260 g/mol. The first-order chi connectivity index (χ1) is 9.28. The fourth-order valence-corrected chi connectivity index (χ4v) is 3.48. The zero-order valence-corrected chi connectivity index (χ0v) is 11.4. The van der Waals surface area contributed by atoms with Gasteiger partial charge in [-0.1, -0.05) is 5.16 Å². The lowest BCUT2D eigenvalue weighted by atomic mass is 9.90. The number of hydrogen-bond acceptors (Lipinski definition) is 5. The average Bonchev–Trinajstić information content (AvgIpc) is 2.93. The molecule has 0 spiro atoms. The van der Waals surface area contributed by atoms with E-state index in [9.17, 15) is 0 Å². The van der Waals surface area contributed by atoms with Crippen LogP contribution in [0.25, 0.3) is 0 Å². The molecule has 2 fully saturated rings. The molecule has 0 aromatic carbocycles. The third-order valence-electron chi connectivity index (χ3n) is 4.63. The van der Waals surface area contributed by atoms with Gasteiger partial charge in [-0.3, -0.25) is 0 Å². The van der Waals surface area contributed by atoms with Gasteiger partial charge in [0.25, 0.3) is 0 Å². The zero-order chi connectivity index (χ0) is 13.2. The molecule has 1 aromatic heterocycles. The molecule has 0 radical (unpaired) electrons. The van der Waals surface area contributed by atoms with Crippen molar-refractivity contribution in [2.24, 2.45) is 0 Å². The topological polar surface area (TPSA) is 66.0 Å². The van der Waals surface area contributed by atoms with Gasteiger partial charge in [0.2, 0.25) is 5.89 Å². The molecule has 2 aliphatic rings. The van der Waals surface area contributed by atoms with Gasteiger partial charge in [0.15, 0.2) is 5.82 Å². The van der Waals surface area contributed by atoms with Gasteiger partial charge in [0.1, 0.15) is 0 Å². The molecule has 0 N–H and O–H groups in total. The molecule has 5 nitrogen and oxygen atoms in total. The normalized spacial score (nSPS) is 30.4. The molecular weight excluding hydrogens is 240 g/mol. The minimum Gasteiger partial charge on any atom is -0.339 e. The quantitative estimate of drug-likeness (QED) is 0.777. The van der Waals surface area contributed by atoms with E-state index in [1.54, 1.807) is 0 Å². The second-order valence-corrected chi connectivity index (χ2v) is 5.78. The summed E-state index contributed by atoms with van der Waals surface area (Å²) in [5.41, 5.74) is 0. The van der Waals surface area contributed by atoms with Gasteiger partial charge < -0.3 is 9.42 Å². The Morgan fingerprint density at radius 2 is 2.11 bits per heavy atom. The highest BCUT2D eigenvalue weighted by Crippen LogP contribution is 2.41. The van der Waals surface area contributed by atoms with Gasteiger partial charge in [0.05, 0.1) is 6.07 Å². The van der Waals surface area contributed by atoms with Crippen LogP contribution in [0.3, 0.4) is 0 Å². The maximum absolute atomic E-state index is 8.52. The van der Waals surface area contributed by atoms with Gasteiger partial charge in [-0.15, -0.1) is 0 Å². The van der Waals surface area contributed by atoms with Crippen LogP contribution in [0.4, 0.5) is 0 Å². The molecule has 0 aliphatic carbocycles. The number of piperidine rings is 1. The Morgan fingerprint density at radius 1 is 1.37 bits per heavy atom. The molecular formula is C14H20N4O. The predicted octanol–water partition coefficient (Wildman–Crippen LogP) is 2.26. The van der Waals surface area contributed by atoms with E-state index in [0.29, 0.717) is 30.3 Å². The molecule has 19 heavy (non-hydrogen) atoms. The average molecular weight is 260 g/mol. The van der Waals surface area contributed by atoms with Crippen molar-refractivity contribution in [3.63, 3.8) is 0 Å². The molecule has 2 aliphatic heterocycles. The first-order valence-electron chi connectivity index (χ1n) is 7.19. The van der Waals surface area contributed by atoms with Crippen LogP contribution >= 0.6 is 0 Å². The van der Waals surface area contributed by atoms with Crippen LogP contribution in [0.5, 0.6) is 0 Å². The van der Waals surface area contributed by atoms with Gasteiger partial charge in [-0.25, -0.2) is 0 Å². The number of aryl methyl sites for hydroxylation is 1. The van der Waals surface area contributed by atoms with E-state index in [2.05, 4.69) is 28.2 Å². The van der Waals surface area contributed by atoms with Crippen molar-refractivity contribution in [3.05, 3.63) is 11.7 Å². The number of aromatic nitrogens is 2. The van der Waals surface area contributed by atoms with Gasteiger partial charge >= 0.3 is 0 Å². The fourth-order valence-electron chi connectivity index (χ4n) is 3.48. The van der Waals surface area contributed by atoms with Crippen molar-refractivity contribution in [2.45, 2.75) is 62.9 Å². The molecule has 2 atom stereocenters. The Hall–Kier alpha value is -1.41. The van der Waals surface area contributed by atoms with Crippen molar-refractivity contribution in [1.82, 2.24) is 15.0 Å². The minimum absolute atomic E-state index is 0.460. The minimum atomic E-state index is 0.460. The summed E-state index contributed by atoms with van der Waals surface area (Å²) >= 11 is 0. The summed E-state index contributed by atoms with van der Waals surface area (Å²) in [5, 5.41) is 12.7. The number of nitriles is 1. The second kappa shape index (κ2) is 5.30. The maximum atomic E-state index is 8.52. The summed E-state index contributed by atoms with van der Waals surface area (Å²) in [6, 6.07) is 3.53. The molecule has 2 bridgehead atoms. The Morgan fingerprint density at radius 3 is 2.79 bits per heavy atom. The SMILES string of the molecule is CN1C2CCC1CC(c1noc(CCCC#N)n1)C2. The molecule has 0 amide bonds. The third kappa shape index (κ3) is 2.50. The molecule has 5 heteroatoms. The third-order valence-corrected chi connectivity index (χ3v) is 4.63. The number of hydrogen-bond donors (Lipinski definition) is 0. The van der Waals surface area contributed by atoms with E-state index in [1.165, 1.54) is 12.8 Å². The van der Waals surface area contributed by atoms with E-state index in [1.807, 2.05) is 0 Å². The van der Waals surface area contributed by atoms with Crippen molar-refractivity contribution >= 4 is 0 Å². The van der Waals surface area contributed by atoms with Crippen LogP contribution in [0.15, 0.2) is 4.52 Å². The van der Waals surface area contributed by atoms with E-state index in [0.717, 1.165) is 31.5 Å². The van der Waals surface area contributed by atoms with E-state index >= 15 is 0 Å². The summed E-state index contributed by atoms with van der Waals surface area (Å²) in [5.74, 6) is 2.04. The van der Waals surface area contributed by atoms with Crippen LogP contribution in [0, 0.1) is 11.3 Å². The fraction of sp³-hybridized carbons (Fsp3) is 0.786. The summed E-state index contributed by atoms with van der Waals surface area (Å²) in [6.07, 6.45) is 7.01. The Bertz CT molecular complexity index is 464.